The molecule has 0 aromatic carbocycles. The first-order chi connectivity index (χ1) is 10.2. The van der Waals surface area contributed by atoms with E-state index in [-0.39, 0.29) is 6.09 Å². The van der Waals surface area contributed by atoms with Gasteiger partial charge in [-0.2, -0.15) is 0 Å². The molecule has 1 amide bonds. The van der Waals surface area contributed by atoms with Crippen molar-refractivity contribution in [3.63, 3.8) is 0 Å². The molecule has 2 aliphatic rings. The number of carbonyl (C=O) groups is 1. The summed E-state index contributed by atoms with van der Waals surface area (Å²) < 4.78 is 10.6. The van der Waals surface area contributed by atoms with Crippen LogP contribution in [0, 0.1) is 0 Å². The zero-order chi connectivity index (χ0) is 15.1. The first kappa shape index (κ1) is 15.9. The Bertz CT molecular complexity index is 361. The summed E-state index contributed by atoms with van der Waals surface area (Å²) >= 11 is 0. The maximum atomic E-state index is 11.7. The second-order valence-electron chi connectivity index (χ2n) is 5.24. The Morgan fingerprint density at radius 1 is 1.33 bits per heavy atom. The number of nitrogens with one attached hydrogen (secondary N) is 1. The average molecular weight is 298 g/mol. The molecular formula is C14H26N4O3. The number of rotatable bonds is 3. The normalized spacial score (nSPS) is 23.3. The second-order valence-corrected chi connectivity index (χ2v) is 5.24. The fraction of sp³-hybridized carbons (Fsp3) is 0.857. The quantitative estimate of drug-likeness (QED) is 0.607. The zero-order valence-electron chi connectivity index (χ0n) is 13.0. The number of hydrogen-bond donors (Lipinski definition) is 1. The van der Waals surface area contributed by atoms with E-state index in [4.69, 9.17) is 9.47 Å². The summed E-state index contributed by atoms with van der Waals surface area (Å²) in [7, 11) is 1.79. The van der Waals surface area contributed by atoms with Crippen LogP contribution in [0.3, 0.4) is 0 Å². The lowest BCUT2D eigenvalue weighted by Crippen LogP contribution is -2.54. The van der Waals surface area contributed by atoms with Crippen molar-refractivity contribution in [3.8, 4) is 0 Å². The summed E-state index contributed by atoms with van der Waals surface area (Å²) in [4.78, 5) is 19.9. The number of ether oxygens (including phenoxy) is 2. The van der Waals surface area contributed by atoms with Crippen LogP contribution in [0.4, 0.5) is 4.79 Å². The molecule has 0 spiro atoms. The number of hydrogen-bond acceptors (Lipinski definition) is 4. The Morgan fingerprint density at radius 3 is 2.62 bits per heavy atom. The van der Waals surface area contributed by atoms with E-state index in [2.05, 4.69) is 15.2 Å². The van der Waals surface area contributed by atoms with E-state index in [1.165, 1.54) is 0 Å². The molecule has 0 bridgehead atoms. The standard InChI is InChI=1S/C14H26N4O3/c1-3-20-14(19)18-8-6-17(7-9-18)13(15-2)16-11-12-5-4-10-21-12/h12H,3-11H2,1-2H3,(H,15,16). The predicted octanol–water partition coefficient (Wildman–Crippen LogP) is 0.515. The molecule has 0 aliphatic carbocycles. The van der Waals surface area contributed by atoms with Gasteiger partial charge in [0.1, 0.15) is 0 Å². The van der Waals surface area contributed by atoms with Crippen molar-refractivity contribution < 1.29 is 14.3 Å². The minimum Gasteiger partial charge on any atom is -0.450 e. The van der Waals surface area contributed by atoms with E-state index in [0.29, 0.717) is 25.8 Å². The summed E-state index contributed by atoms with van der Waals surface area (Å²) in [5.74, 6) is 0.883. The summed E-state index contributed by atoms with van der Waals surface area (Å²) in [6.45, 7) is 6.77. The monoisotopic (exact) mass is 298 g/mol. The van der Waals surface area contributed by atoms with Gasteiger partial charge in [0, 0.05) is 46.4 Å². The molecule has 1 unspecified atom stereocenters. The van der Waals surface area contributed by atoms with Gasteiger partial charge in [-0.3, -0.25) is 4.99 Å². The van der Waals surface area contributed by atoms with Crippen LogP contribution in [0.2, 0.25) is 0 Å². The highest BCUT2D eigenvalue weighted by atomic mass is 16.6. The summed E-state index contributed by atoms with van der Waals surface area (Å²) in [5, 5.41) is 3.37. The van der Waals surface area contributed by atoms with Gasteiger partial charge in [-0.1, -0.05) is 0 Å². The molecule has 2 rings (SSSR count). The minimum absolute atomic E-state index is 0.223. The molecule has 120 valence electrons. The van der Waals surface area contributed by atoms with Crippen LogP contribution < -0.4 is 5.32 Å². The minimum atomic E-state index is -0.223. The van der Waals surface area contributed by atoms with Gasteiger partial charge in [-0.15, -0.1) is 0 Å². The van der Waals surface area contributed by atoms with Gasteiger partial charge in [-0.25, -0.2) is 4.79 Å². The van der Waals surface area contributed by atoms with Crippen molar-refractivity contribution in [2.45, 2.75) is 25.9 Å². The number of carbonyl (C=O) groups excluding carboxylic acids is 1. The third kappa shape index (κ3) is 4.49. The molecule has 7 heteroatoms. The fourth-order valence-electron chi connectivity index (χ4n) is 2.66. The van der Waals surface area contributed by atoms with Gasteiger partial charge in [0.25, 0.3) is 0 Å². The summed E-state index contributed by atoms with van der Waals surface area (Å²) in [5.41, 5.74) is 0. The average Bonchev–Trinajstić information content (AvgIpc) is 3.02. The largest absolute Gasteiger partial charge is 0.450 e. The van der Waals surface area contributed by atoms with Crippen LogP contribution in [-0.2, 0) is 9.47 Å². The molecule has 7 nitrogen and oxygen atoms in total. The molecule has 2 aliphatic heterocycles. The molecule has 21 heavy (non-hydrogen) atoms. The van der Waals surface area contributed by atoms with E-state index in [0.717, 1.165) is 45.0 Å². The van der Waals surface area contributed by atoms with Crippen LogP contribution in [0.1, 0.15) is 19.8 Å². The van der Waals surface area contributed by atoms with Crippen LogP contribution in [0.25, 0.3) is 0 Å². The Kier molecular flexibility index (Phi) is 6.10. The number of guanidine groups is 1. The van der Waals surface area contributed by atoms with Crippen LogP contribution >= 0.6 is 0 Å². The molecule has 0 radical (unpaired) electrons. The first-order valence-electron chi connectivity index (χ1n) is 7.73. The van der Waals surface area contributed by atoms with Gasteiger partial charge in [-0.05, 0) is 19.8 Å². The van der Waals surface area contributed by atoms with Crippen molar-refractivity contribution >= 4 is 12.1 Å². The molecule has 1 atom stereocenters. The lowest BCUT2D eigenvalue weighted by atomic mass is 10.2. The topological polar surface area (TPSA) is 66.4 Å². The fourth-order valence-corrected chi connectivity index (χ4v) is 2.66. The molecule has 0 aromatic heterocycles. The number of piperazine rings is 1. The predicted molar refractivity (Wildman–Crippen MR) is 80.5 cm³/mol. The lowest BCUT2D eigenvalue weighted by molar-refractivity contribution is 0.0907. The van der Waals surface area contributed by atoms with Crippen molar-refractivity contribution in [2.24, 2.45) is 4.99 Å². The van der Waals surface area contributed by atoms with Gasteiger partial charge in [0.2, 0.25) is 0 Å². The highest BCUT2D eigenvalue weighted by Crippen LogP contribution is 2.11. The molecule has 0 aromatic rings. The van der Waals surface area contributed by atoms with E-state index >= 15 is 0 Å². The van der Waals surface area contributed by atoms with Crippen LogP contribution in [-0.4, -0.2) is 80.9 Å². The number of amides is 1. The van der Waals surface area contributed by atoms with Gasteiger partial charge in [0.05, 0.1) is 12.7 Å². The molecule has 0 saturated carbocycles. The van der Waals surface area contributed by atoms with Crippen molar-refractivity contribution in [1.29, 1.82) is 0 Å². The number of nitrogens with zero attached hydrogens (tertiary/aromatic N) is 3. The summed E-state index contributed by atoms with van der Waals surface area (Å²) in [6, 6.07) is 0. The first-order valence-corrected chi connectivity index (χ1v) is 7.73. The van der Waals surface area contributed by atoms with E-state index < -0.39 is 0 Å². The van der Waals surface area contributed by atoms with E-state index in [9.17, 15) is 4.79 Å². The van der Waals surface area contributed by atoms with Gasteiger partial charge in [0.15, 0.2) is 5.96 Å². The molecule has 1 N–H and O–H groups in total. The van der Waals surface area contributed by atoms with Crippen molar-refractivity contribution in [2.75, 3.05) is 53.0 Å². The Balaban J connectivity index is 1.75. The highest BCUT2D eigenvalue weighted by Gasteiger charge is 2.24. The van der Waals surface area contributed by atoms with Crippen molar-refractivity contribution in [3.05, 3.63) is 0 Å². The SMILES string of the molecule is CCOC(=O)N1CCN(C(=NC)NCC2CCCO2)CC1. The Labute approximate surface area is 126 Å². The maximum Gasteiger partial charge on any atom is 0.409 e. The van der Waals surface area contributed by atoms with Gasteiger partial charge >= 0.3 is 6.09 Å². The van der Waals surface area contributed by atoms with Gasteiger partial charge < -0.3 is 24.6 Å². The summed E-state index contributed by atoms with van der Waals surface area (Å²) in [6.07, 6.45) is 2.33. The molecule has 2 fully saturated rings. The maximum absolute atomic E-state index is 11.7. The van der Waals surface area contributed by atoms with E-state index in [1.54, 1.807) is 11.9 Å². The molecule has 2 heterocycles. The smallest absolute Gasteiger partial charge is 0.409 e. The Morgan fingerprint density at radius 2 is 2.05 bits per heavy atom. The van der Waals surface area contributed by atoms with Crippen molar-refractivity contribution in [1.82, 2.24) is 15.1 Å². The van der Waals surface area contributed by atoms with E-state index in [1.807, 2.05) is 6.92 Å². The number of aliphatic imine (C=N–C) groups is 1. The third-order valence-electron chi connectivity index (χ3n) is 3.83. The van der Waals surface area contributed by atoms with Crippen LogP contribution in [0.5, 0.6) is 0 Å². The second kappa shape index (κ2) is 8.07. The molecule has 2 saturated heterocycles. The Hall–Kier alpha value is -1.50. The highest BCUT2D eigenvalue weighted by molar-refractivity contribution is 5.80. The zero-order valence-corrected chi connectivity index (χ0v) is 13.0. The van der Waals surface area contributed by atoms with Crippen LogP contribution in [0.15, 0.2) is 4.99 Å². The lowest BCUT2D eigenvalue weighted by Gasteiger charge is -2.36. The third-order valence-corrected chi connectivity index (χ3v) is 3.83. The molecular weight excluding hydrogens is 272 g/mol.